The van der Waals surface area contributed by atoms with E-state index in [9.17, 15) is 0 Å². The van der Waals surface area contributed by atoms with Gasteiger partial charge in [0.15, 0.2) is 0 Å². The highest BCUT2D eigenvalue weighted by Crippen LogP contribution is 2.31. The van der Waals surface area contributed by atoms with E-state index >= 15 is 0 Å². The second-order valence-corrected chi connectivity index (χ2v) is 4.71. The maximum atomic E-state index is 7.46. The van der Waals surface area contributed by atoms with Crippen LogP contribution in [0.2, 0.25) is 0 Å². The molecule has 1 aromatic heterocycles. The quantitative estimate of drug-likeness (QED) is 0.582. The lowest BCUT2D eigenvalue weighted by atomic mass is 10.2. The van der Waals surface area contributed by atoms with Gasteiger partial charge >= 0.3 is 0 Å². The van der Waals surface area contributed by atoms with E-state index in [-0.39, 0.29) is 5.84 Å². The molecule has 1 aromatic rings. The van der Waals surface area contributed by atoms with Gasteiger partial charge in [0, 0.05) is 24.8 Å². The summed E-state index contributed by atoms with van der Waals surface area (Å²) < 4.78 is 0. The molecule has 0 aromatic carbocycles. The molecule has 0 amide bonds. The Hall–Kier alpha value is -1.58. The number of nitrogens with zero attached hydrogens (tertiary/aromatic N) is 2. The van der Waals surface area contributed by atoms with Crippen molar-refractivity contribution in [1.29, 1.82) is 5.41 Å². The third-order valence-electron chi connectivity index (χ3n) is 3.05. The minimum absolute atomic E-state index is 0.108. The molecule has 1 heterocycles. The van der Waals surface area contributed by atoms with E-state index < -0.39 is 0 Å². The standard InChI is InChI=1S/C13H20N4/c1-2-7-17(9-10-3-4-10)12-8-11(13(14)15)5-6-16-12/h5-6,8,10H,2-4,7,9H2,1H3,(H3,14,15). The SMILES string of the molecule is CCCN(CC1CC1)c1cc(C(=N)N)ccn1. The normalized spacial score (nSPS) is 14.6. The summed E-state index contributed by atoms with van der Waals surface area (Å²) in [7, 11) is 0. The first-order valence-corrected chi connectivity index (χ1v) is 6.26. The molecular formula is C13H20N4. The average Bonchev–Trinajstić information content (AvgIpc) is 3.12. The molecule has 3 N–H and O–H groups in total. The van der Waals surface area contributed by atoms with Gasteiger partial charge in [-0.2, -0.15) is 0 Å². The number of nitrogen functional groups attached to an aromatic ring is 1. The lowest BCUT2D eigenvalue weighted by Crippen LogP contribution is -2.27. The van der Waals surface area contributed by atoms with Crippen molar-refractivity contribution in [2.75, 3.05) is 18.0 Å². The Morgan fingerprint density at radius 2 is 2.35 bits per heavy atom. The number of nitrogens with two attached hydrogens (primary N) is 1. The van der Waals surface area contributed by atoms with Crippen molar-refractivity contribution < 1.29 is 0 Å². The number of rotatable bonds is 6. The number of anilines is 1. The van der Waals surface area contributed by atoms with Crippen molar-refractivity contribution in [3.05, 3.63) is 23.9 Å². The molecule has 17 heavy (non-hydrogen) atoms. The summed E-state index contributed by atoms with van der Waals surface area (Å²) in [6, 6.07) is 3.70. The summed E-state index contributed by atoms with van der Waals surface area (Å²) in [6.45, 7) is 4.28. The molecule has 4 heteroatoms. The van der Waals surface area contributed by atoms with Crippen LogP contribution < -0.4 is 10.6 Å². The minimum Gasteiger partial charge on any atom is -0.384 e. The van der Waals surface area contributed by atoms with Gasteiger partial charge in [-0.3, -0.25) is 5.41 Å². The summed E-state index contributed by atoms with van der Waals surface area (Å²) in [6.07, 6.45) is 5.53. The summed E-state index contributed by atoms with van der Waals surface area (Å²) >= 11 is 0. The molecule has 0 aliphatic heterocycles. The van der Waals surface area contributed by atoms with E-state index in [1.54, 1.807) is 12.3 Å². The molecule has 0 bridgehead atoms. The Morgan fingerprint density at radius 1 is 1.59 bits per heavy atom. The third kappa shape index (κ3) is 3.19. The van der Waals surface area contributed by atoms with Crippen molar-refractivity contribution in [1.82, 2.24) is 4.98 Å². The fourth-order valence-corrected chi connectivity index (χ4v) is 1.94. The highest BCUT2D eigenvalue weighted by Gasteiger charge is 2.24. The van der Waals surface area contributed by atoms with Gasteiger partial charge in [0.2, 0.25) is 0 Å². The molecule has 4 nitrogen and oxygen atoms in total. The van der Waals surface area contributed by atoms with Gasteiger partial charge in [-0.15, -0.1) is 0 Å². The smallest absolute Gasteiger partial charge is 0.129 e. The largest absolute Gasteiger partial charge is 0.384 e. The van der Waals surface area contributed by atoms with Crippen LogP contribution in [-0.4, -0.2) is 23.9 Å². The highest BCUT2D eigenvalue weighted by molar-refractivity contribution is 5.95. The molecule has 0 atom stereocenters. The van der Waals surface area contributed by atoms with Crippen LogP contribution in [0.3, 0.4) is 0 Å². The van der Waals surface area contributed by atoms with Crippen LogP contribution in [0.15, 0.2) is 18.3 Å². The molecular weight excluding hydrogens is 212 g/mol. The van der Waals surface area contributed by atoms with E-state index in [0.29, 0.717) is 0 Å². The van der Waals surface area contributed by atoms with Gasteiger partial charge < -0.3 is 10.6 Å². The molecule has 1 aliphatic rings. The monoisotopic (exact) mass is 232 g/mol. The molecule has 0 spiro atoms. The number of hydrogen-bond acceptors (Lipinski definition) is 3. The zero-order valence-electron chi connectivity index (χ0n) is 10.3. The first-order chi connectivity index (χ1) is 8.20. The summed E-state index contributed by atoms with van der Waals surface area (Å²) in [5.74, 6) is 1.90. The molecule has 0 saturated heterocycles. The molecule has 1 aliphatic carbocycles. The Labute approximate surface area is 102 Å². The molecule has 2 rings (SSSR count). The Balaban J connectivity index is 2.15. The van der Waals surface area contributed by atoms with E-state index in [4.69, 9.17) is 11.1 Å². The van der Waals surface area contributed by atoms with Crippen LogP contribution in [0, 0.1) is 11.3 Å². The van der Waals surface area contributed by atoms with Crippen molar-refractivity contribution in [2.24, 2.45) is 11.7 Å². The van der Waals surface area contributed by atoms with Gasteiger partial charge in [-0.1, -0.05) is 6.92 Å². The van der Waals surface area contributed by atoms with Gasteiger partial charge in [0.05, 0.1) is 0 Å². The number of pyridine rings is 1. The molecule has 1 fully saturated rings. The highest BCUT2D eigenvalue weighted by atomic mass is 15.2. The summed E-state index contributed by atoms with van der Waals surface area (Å²) in [5, 5.41) is 7.46. The zero-order chi connectivity index (χ0) is 12.3. The van der Waals surface area contributed by atoms with Gasteiger partial charge in [-0.25, -0.2) is 4.98 Å². The van der Waals surface area contributed by atoms with Crippen LogP contribution in [0.1, 0.15) is 31.7 Å². The number of nitrogens with one attached hydrogen (secondary N) is 1. The Kier molecular flexibility index (Phi) is 3.61. The van der Waals surface area contributed by atoms with Gasteiger partial charge in [0.1, 0.15) is 11.7 Å². The van der Waals surface area contributed by atoms with Gasteiger partial charge in [-0.05, 0) is 37.3 Å². The lowest BCUT2D eigenvalue weighted by Gasteiger charge is -2.23. The van der Waals surface area contributed by atoms with E-state index in [1.807, 2.05) is 6.07 Å². The number of amidine groups is 1. The first kappa shape index (κ1) is 11.9. The summed E-state index contributed by atoms with van der Waals surface area (Å²) in [4.78, 5) is 6.70. The van der Waals surface area contributed by atoms with E-state index in [1.165, 1.54) is 12.8 Å². The molecule has 0 radical (unpaired) electrons. The lowest BCUT2D eigenvalue weighted by molar-refractivity contribution is 0.699. The third-order valence-corrected chi connectivity index (χ3v) is 3.05. The van der Waals surface area contributed by atoms with Crippen molar-refractivity contribution in [3.63, 3.8) is 0 Å². The average molecular weight is 232 g/mol. The second-order valence-electron chi connectivity index (χ2n) is 4.71. The van der Waals surface area contributed by atoms with Crippen molar-refractivity contribution in [2.45, 2.75) is 26.2 Å². The zero-order valence-corrected chi connectivity index (χ0v) is 10.3. The Bertz CT molecular complexity index is 398. The van der Waals surface area contributed by atoms with Crippen LogP contribution in [-0.2, 0) is 0 Å². The van der Waals surface area contributed by atoms with Crippen LogP contribution in [0.4, 0.5) is 5.82 Å². The van der Waals surface area contributed by atoms with E-state index in [0.717, 1.165) is 36.8 Å². The minimum atomic E-state index is 0.108. The fourth-order valence-electron chi connectivity index (χ4n) is 1.94. The number of hydrogen-bond donors (Lipinski definition) is 2. The maximum Gasteiger partial charge on any atom is 0.129 e. The Morgan fingerprint density at radius 3 is 2.94 bits per heavy atom. The number of aromatic nitrogens is 1. The predicted octanol–water partition coefficient (Wildman–Crippen LogP) is 1.99. The maximum absolute atomic E-state index is 7.46. The first-order valence-electron chi connectivity index (χ1n) is 6.26. The molecule has 1 saturated carbocycles. The van der Waals surface area contributed by atoms with Crippen molar-refractivity contribution in [3.8, 4) is 0 Å². The predicted molar refractivity (Wildman–Crippen MR) is 70.5 cm³/mol. The molecule has 92 valence electrons. The van der Waals surface area contributed by atoms with Crippen LogP contribution in [0.5, 0.6) is 0 Å². The fraction of sp³-hybridized carbons (Fsp3) is 0.538. The second kappa shape index (κ2) is 5.17. The topological polar surface area (TPSA) is 66.0 Å². The van der Waals surface area contributed by atoms with Crippen molar-refractivity contribution >= 4 is 11.7 Å². The summed E-state index contributed by atoms with van der Waals surface area (Å²) in [5.41, 5.74) is 6.26. The van der Waals surface area contributed by atoms with Crippen LogP contribution >= 0.6 is 0 Å². The molecule has 0 unspecified atom stereocenters. The van der Waals surface area contributed by atoms with Gasteiger partial charge in [0.25, 0.3) is 0 Å². The van der Waals surface area contributed by atoms with E-state index in [2.05, 4.69) is 16.8 Å². The van der Waals surface area contributed by atoms with Crippen LogP contribution in [0.25, 0.3) is 0 Å².